The summed E-state index contributed by atoms with van der Waals surface area (Å²) >= 11 is 0. The summed E-state index contributed by atoms with van der Waals surface area (Å²) < 4.78 is 9.19. The van der Waals surface area contributed by atoms with Gasteiger partial charge < -0.3 is 13.9 Å². The van der Waals surface area contributed by atoms with E-state index in [9.17, 15) is 0 Å². The van der Waals surface area contributed by atoms with Gasteiger partial charge in [0.1, 0.15) is 11.2 Å². The van der Waals surface area contributed by atoms with Gasteiger partial charge in [0.2, 0.25) is 0 Å². The van der Waals surface area contributed by atoms with Crippen molar-refractivity contribution in [3.05, 3.63) is 277 Å². The molecule has 2 aliphatic rings. The van der Waals surface area contributed by atoms with Crippen LogP contribution in [-0.4, -0.2) is 4.57 Å². The van der Waals surface area contributed by atoms with E-state index in [0.29, 0.717) is 0 Å². The maximum atomic E-state index is 6.67. The number of para-hydroxylation sites is 6. The second kappa shape index (κ2) is 14.9. The van der Waals surface area contributed by atoms with E-state index in [-0.39, 0.29) is 0 Å². The lowest BCUT2D eigenvalue weighted by Gasteiger charge is -2.40. The van der Waals surface area contributed by atoms with Gasteiger partial charge in [-0.15, -0.1) is 0 Å². The van der Waals surface area contributed by atoms with Gasteiger partial charge in [0.05, 0.1) is 27.8 Å². The van der Waals surface area contributed by atoms with Crippen molar-refractivity contribution in [2.45, 2.75) is 5.41 Å². The summed E-state index contributed by atoms with van der Waals surface area (Å²) in [6, 6.07) is 93.7. The summed E-state index contributed by atoms with van der Waals surface area (Å²) in [5.41, 5.74) is 22.6. The summed E-state index contributed by atoms with van der Waals surface area (Å²) in [7, 11) is 0. The molecule has 1 spiro atoms. The van der Waals surface area contributed by atoms with Crippen molar-refractivity contribution in [3.8, 4) is 50.2 Å². The van der Waals surface area contributed by atoms with Crippen molar-refractivity contribution in [2.24, 2.45) is 0 Å². The Morgan fingerprint density at radius 3 is 1.84 bits per heavy atom. The number of hydrogen-bond donors (Lipinski definition) is 0. The lowest BCUT2D eigenvalue weighted by atomic mass is 9.65. The fraction of sp³-hybridized carbons (Fsp3) is 0.0149. The quantitative estimate of drug-likeness (QED) is 0.166. The predicted octanol–water partition coefficient (Wildman–Crippen LogP) is 17.8. The number of furan rings is 1. The van der Waals surface area contributed by atoms with Crippen LogP contribution in [0, 0.1) is 0 Å². The number of fused-ring (bicyclic) bond motifs is 15. The number of benzene rings is 11. The van der Waals surface area contributed by atoms with Gasteiger partial charge in [0, 0.05) is 44.0 Å². The van der Waals surface area contributed by atoms with E-state index in [0.717, 1.165) is 55.7 Å². The van der Waals surface area contributed by atoms with E-state index < -0.39 is 5.41 Å². The summed E-state index contributed by atoms with van der Waals surface area (Å²) in [5, 5.41) is 4.77. The van der Waals surface area contributed by atoms with E-state index in [4.69, 9.17) is 4.42 Å². The first kappa shape index (κ1) is 38.9. The topological polar surface area (TPSA) is 21.3 Å². The van der Waals surface area contributed by atoms with Crippen molar-refractivity contribution < 1.29 is 4.42 Å². The van der Waals surface area contributed by atoms with Crippen LogP contribution in [0.4, 0.5) is 17.1 Å². The van der Waals surface area contributed by atoms with Crippen LogP contribution in [0.3, 0.4) is 0 Å². The van der Waals surface area contributed by atoms with Crippen LogP contribution in [0.1, 0.15) is 22.3 Å². The van der Waals surface area contributed by atoms with E-state index in [1.54, 1.807) is 0 Å². The van der Waals surface area contributed by atoms with Crippen LogP contribution in [0.5, 0.6) is 0 Å². The van der Waals surface area contributed by atoms with Gasteiger partial charge in [-0.2, -0.15) is 0 Å². The molecule has 1 unspecified atom stereocenters. The minimum Gasteiger partial charge on any atom is -0.455 e. The first-order chi connectivity index (χ1) is 34.8. The molecule has 11 aromatic carbocycles. The molecular formula is C67H42N2O. The summed E-state index contributed by atoms with van der Waals surface area (Å²) in [5.74, 6) is 0. The van der Waals surface area contributed by atoms with Crippen molar-refractivity contribution >= 4 is 60.8 Å². The molecule has 15 rings (SSSR count). The van der Waals surface area contributed by atoms with Gasteiger partial charge in [-0.1, -0.05) is 206 Å². The molecule has 326 valence electrons. The molecule has 3 nitrogen and oxygen atoms in total. The zero-order valence-corrected chi connectivity index (χ0v) is 38.1. The Bertz CT molecular complexity index is 4270. The molecule has 0 N–H and O–H groups in total. The Morgan fingerprint density at radius 2 is 0.943 bits per heavy atom. The Labute approximate surface area is 405 Å². The van der Waals surface area contributed by atoms with E-state index >= 15 is 0 Å². The van der Waals surface area contributed by atoms with Crippen molar-refractivity contribution in [2.75, 3.05) is 4.90 Å². The fourth-order valence-corrected chi connectivity index (χ4v) is 12.4. The molecule has 1 atom stereocenters. The molecule has 0 radical (unpaired) electrons. The molecule has 3 heteroatoms. The van der Waals surface area contributed by atoms with Crippen LogP contribution >= 0.6 is 0 Å². The summed E-state index contributed by atoms with van der Waals surface area (Å²) in [6.45, 7) is 0. The van der Waals surface area contributed by atoms with Gasteiger partial charge in [0.15, 0.2) is 0 Å². The van der Waals surface area contributed by atoms with Crippen molar-refractivity contribution in [3.63, 3.8) is 0 Å². The number of rotatable bonds is 6. The van der Waals surface area contributed by atoms with Gasteiger partial charge in [-0.25, -0.2) is 0 Å². The average Bonchev–Trinajstić information content (AvgIpc) is 4.08. The second-order valence-corrected chi connectivity index (χ2v) is 18.7. The molecule has 1 aliphatic heterocycles. The number of hydrogen-bond acceptors (Lipinski definition) is 2. The molecule has 0 fully saturated rings. The van der Waals surface area contributed by atoms with Crippen molar-refractivity contribution in [1.82, 2.24) is 4.57 Å². The maximum Gasteiger partial charge on any atom is 0.143 e. The Kier molecular flexibility index (Phi) is 8.28. The van der Waals surface area contributed by atoms with Crippen LogP contribution in [-0.2, 0) is 5.41 Å². The van der Waals surface area contributed by atoms with Gasteiger partial charge in [0.25, 0.3) is 0 Å². The first-order valence-electron chi connectivity index (χ1n) is 24.2. The third kappa shape index (κ3) is 5.34. The molecule has 0 saturated heterocycles. The molecule has 2 aromatic heterocycles. The zero-order chi connectivity index (χ0) is 45.9. The molecule has 3 heterocycles. The lowest BCUT2D eigenvalue weighted by Crippen LogP contribution is -2.33. The molecule has 0 amide bonds. The number of nitrogens with zero attached hydrogens (tertiary/aromatic N) is 2. The highest BCUT2D eigenvalue weighted by Crippen LogP contribution is 2.62. The Balaban J connectivity index is 1.02. The van der Waals surface area contributed by atoms with Gasteiger partial charge in [-0.05, 0) is 104 Å². The second-order valence-electron chi connectivity index (χ2n) is 18.7. The SMILES string of the molecule is c1ccc(-c2ccccc2-c2ccccc2N(c2cccc(-c3cccc4c3oc3ccccc34)c2)c2ccc3c(c2)C2(c4ccccc4-3)c3ccccc3-n3c4ccccc4c4cccc2c43)cc1. The fourth-order valence-electron chi connectivity index (χ4n) is 12.4. The average molecular weight is 891 g/mol. The number of aromatic nitrogens is 1. The van der Waals surface area contributed by atoms with E-state index in [2.05, 4.69) is 258 Å². The highest BCUT2D eigenvalue weighted by Gasteiger charge is 2.51. The van der Waals surface area contributed by atoms with Crippen LogP contribution < -0.4 is 4.90 Å². The zero-order valence-electron chi connectivity index (χ0n) is 38.1. The van der Waals surface area contributed by atoms with Gasteiger partial charge in [-0.3, -0.25) is 0 Å². The highest BCUT2D eigenvalue weighted by atomic mass is 16.3. The van der Waals surface area contributed by atoms with Gasteiger partial charge >= 0.3 is 0 Å². The number of anilines is 3. The van der Waals surface area contributed by atoms with E-state index in [1.807, 2.05) is 6.07 Å². The lowest BCUT2D eigenvalue weighted by molar-refractivity contribution is 0.670. The molecule has 13 aromatic rings. The normalized spacial score (nSPS) is 14.3. The minimum absolute atomic E-state index is 0.605. The highest BCUT2D eigenvalue weighted by molar-refractivity contribution is 6.13. The monoisotopic (exact) mass is 890 g/mol. The molecule has 1 aliphatic carbocycles. The smallest absolute Gasteiger partial charge is 0.143 e. The Morgan fingerprint density at radius 1 is 0.343 bits per heavy atom. The third-order valence-corrected chi connectivity index (χ3v) is 15.2. The third-order valence-electron chi connectivity index (χ3n) is 15.2. The Hall–Kier alpha value is -9.18. The standard InChI is InChI=1S/C67H42N2O/c1-2-19-43(20-3-1)47-23-4-5-24-49(47)52-26-7-12-35-61(52)68(45-22-16-21-44(41-45)48-29-17-31-56-54-28-9-15-38-64(54)70-66(48)56)46-39-40-51-50-25-6-10-32-57(50)67(60(51)42-46)58-33-11-14-37-63(58)69-62-36-13-8-27-53(62)55-30-18-34-59(67)65(55)69/h1-42H. The minimum atomic E-state index is -0.605. The van der Waals surface area contributed by atoms with Crippen LogP contribution in [0.25, 0.3) is 93.9 Å². The largest absolute Gasteiger partial charge is 0.455 e. The van der Waals surface area contributed by atoms with Crippen LogP contribution in [0.2, 0.25) is 0 Å². The predicted molar refractivity (Wildman–Crippen MR) is 290 cm³/mol. The van der Waals surface area contributed by atoms with Crippen molar-refractivity contribution in [1.29, 1.82) is 0 Å². The summed E-state index contributed by atoms with van der Waals surface area (Å²) in [6.07, 6.45) is 0. The molecular weight excluding hydrogens is 849 g/mol. The molecule has 70 heavy (non-hydrogen) atoms. The molecule has 0 saturated carbocycles. The first-order valence-corrected chi connectivity index (χ1v) is 24.2. The van der Waals surface area contributed by atoms with E-state index in [1.165, 1.54) is 77.6 Å². The van der Waals surface area contributed by atoms with Crippen LogP contribution in [0.15, 0.2) is 259 Å². The maximum absolute atomic E-state index is 6.67. The summed E-state index contributed by atoms with van der Waals surface area (Å²) in [4.78, 5) is 2.49. The molecule has 0 bridgehead atoms.